The van der Waals surface area contributed by atoms with E-state index in [1.807, 2.05) is 11.4 Å². The molecule has 0 unspecified atom stereocenters. The standard InChI is InChI=1S/C12H14ClNO3S/c13-8-5-10(18-7-8)3-4-11(15)14(6-12(16)17)9-1-2-9/h5,7,9H,1-4,6H2,(H,16,17). The second-order valence-corrected chi connectivity index (χ2v) is 5.81. The van der Waals surface area contributed by atoms with E-state index < -0.39 is 5.97 Å². The fourth-order valence-corrected chi connectivity index (χ4v) is 2.89. The predicted octanol–water partition coefficient (Wildman–Crippen LogP) is 2.41. The Morgan fingerprint density at radius 2 is 2.22 bits per heavy atom. The molecule has 1 aromatic rings. The number of carbonyl (C=O) groups excluding carboxylic acids is 1. The van der Waals surface area contributed by atoms with Crippen LogP contribution in [0, 0.1) is 0 Å². The highest BCUT2D eigenvalue weighted by molar-refractivity contribution is 7.10. The normalized spacial score (nSPS) is 14.5. The molecule has 0 atom stereocenters. The van der Waals surface area contributed by atoms with E-state index in [9.17, 15) is 9.59 Å². The number of carboxylic acids is 1. The van der Waals surface area contributed by atoms with E-state index in [1.54, 1.807) is 0 Å². The number of amides is 1. The molecule has 6 heteroatoms. The Labute approximate surface area is 114 Å². The van der Waals surface area contributed by atoms with Gasteiger partial charge >= 0.3 is 5.97 Å². The number of aryl methyl sites for hydroxylation is 1. The first-order valence-electron chi connectivity index (χ1n) is 5.80. The van der Waals surface area contributed by atoms with Gasteiger partial charge in [0.15, 0.2) is 0 Å². The van der Waals surface area contributed by atoms with E-state index in [-0.39, 0.29) is 18.5 Å². The van der Waals surface area contributed by atoms with E-state index in [1.165, 1.54) is 16.2 Å². The van der Waals surface area contributed by atoms with Crippen LogP contribution in [0.25, 0.3) is 0 Å². The maximum absolute atomic E-state index is 12.0. The largest absolute Gasteiger partial charge is 0.480 e. The lowest BCUT2D eigenvalue weighted by atomic mass is 10.2. The summed E-state index contributed by atoms with van der Waals surface area (Å²) in [4.78, 5) is 25.2. The third kappa shape index (κ3) is 3.71. The summed E-state index contributed by atoms with van der Waals surface area (Å²) in [6.45, 7) is -0.186. The van der Waals surface area contributed by atoms with E-state index in [0.717, 1.165) is 17.7 Å². The zero-order valence-electron chi connectivity index (χ0n) is 9.76. The molecule has 1 aliphatic carbocycles. The summed E-state index contributed by atoms with van der Waals surface area (Å²) in [6.07, 6.45) is 2.81. The number of hydrogen-bond acceptors (Lipinski definition) is 3. The molecule has 1 amide bonds. The van der Waals surface area contributed by atoms with Crippen molar-refractivity contribution in [3.63, 3.8) is 0 Å². The van der Waals surface area contributed by atoms with Crippen molar-refractivity contribution >= 4 is 34.8 Å². The highest BCUT2D eigenvalue weighted by atomic mass is 35.5. The molecule has 0 aromatic carbocycles. The van der Waals surface area contributed by atoms with Crippen molar-refractivity contribution in [2.24, 2.45) is 0 Å². The lowest BCUT2D eigenvalue weighted by Crippen LogP contribution is -2.37. The van der Waals surface area contributed by atoms with Crippen LogP contribution in [0.5, 0.6) is 0 Å². The zero-order valence-corrected chi connectivity index (χ0v) is 11.3. The van der Waals surface area contributed by atoms with Crippen LogP contribution in [-0.4, -0.2) is 34.5 Å². The lowest BCUT2D eigenvalue weighted by Gasteiger charge is -2.19. The Balaban J connectivity index is 1.87. The fraction of sp³-hybridized carbons (Fsp3) is 0.500. The first kappa shape index (κ1) is 13.4. The number of nitrogens with zero attached hydrogens (tertiary/aromatic N) is 1. The molecule has 4 nitrogen and oxygen atoms in total. The maximum Gasteiger partial charge on any atom is 0.323 e. The molecule has 1 saturated carbocycles. The van der Waals surface area contributed by atoms with Gasteiger partial charge in [0.25, 0.3) is 0 Å². The molecule has 0 spiro atoms. The molecule has 0 radical (unpaired) electrons. The van der Waals surface area contributed by atoms with Gasteiger partial charge in [-0.1, -0.05) is 11.6 Å². The van der Waals surface area contributed by atoms with E-state index in [2.05, 4.69) is 0 Å². The van der Waals surface area contributed by atoms with Gasteiger partial charge in [0.1, 0.15) is 6.54 Å². The minimum atomic E-state index is -0.950. The zero-order chi connectivity index (χ0) is 13.1. The Morgan fingerprint density at radius 3 is 2.72 bits per heavy atom. The molecule has 1 aliphatic rings. The van der Waals surface area contributed by atoms with Gasteiger partial charge in [0, 0.05) is 22.7 Å². The molecule has 2 rings (SSSR count). The number of carbonyl (C=O) groups is 2. The van der Waals surface area contributed by atoms with E-state index in [4.69, 9.17) is 16.7 Å². The van der Waals surface area contributed by atoms with Crippen molar-refractivity contribution in [1.29, 1.82) is 0 Å². The number of carboxylic acid groups (broad SMARTS) is 1. The van der Waals surface area contributed by atoms with Gasteiger partial charge in [-0.15, -0.1) is 11.3 Å². The summed E-state index contributed by atoms with van der Waals surface area (Å²) in [6, 6.07) is 1.98. The number of aliphatic carboxylic acids is 1. The van der Waals surface area contributed by atoms with Crippen LogP contribution in [0.2, 0.25) is 5.02 Å². The Morgan fingerprint density at radius 1 is 1.50 bits per heavy atom. The van der Waals surface area contributed by atoms with Gasteiger partial charge in [-0.2, -0.15) is 0 Å². The minimum Gasteiger partial charge on any atom is -0.480 e. The average molecular weight is 288 g/mol. The van der Waals surface area contributed by atoms with Crippen LogP contribution < -0.4 is 0 Å². The Kier molecular flexibility index (Phi) is 4.24. The number of thiophene rings is 1. The highest BCUT2D eigenvalue weighted by Gasteiger charge is 2.33. The molecule has 1 fully saturated rings. The van der Waals surface area contributed by atoms with Crippen LogP contribution in [0.4, 0.5) is 0 Å². The van der Waals surface area contributed by atoms with Crippen molar-refractivity contribution in [2.45, 2.75) is 31.7 Å². The summed E-state index contributed by atoms with van der Waals surface area (Å²) in [5.41, 5.74) is 0. The van der Waals surface area contributed by atoms with Crippen LogP contribution in [0.1, 0.15) is 24.1 Å². The molecule has 0 saturated heterocycles. The van der Waals surface area contributed by atoms with Crippen LogP contribution in [0.15, 0.2) is 11.4 Å². The molecule has 18 heavy (non-hydrogen) atoms. The summed E-state index contributed by atoms with van der Waals surface area (Å²) >= 11 is 7.33. The van der Waals surface area contributed by atoms with Gasteiger partial charge in [-0.05, 0) is 25.3 Å². The van der Waals surface area contributed by atoms with Crippen LogP contribution >= 0.6 is 22.9 Å². The van der Waals surface area contributed by atoms with Gasteiger partial charge in [-0.3, -0.25) is 9.59 Å². The summed E-state index contributed by atoms with van der Waals surface area (Å²) in [7, 11) is 0. The topological polar surface area (TPSA) is 57.6 Å². The van der Waals surface area contributed by atoms with Crippen molar-refractivity contribution in [1.82, 2.24) is 4.90 Å². The first-order chi connectivity index (χ1) is 8.56. The summed E-state index contributed by atoms with van der Waals surface area (Å²) in [5, 5.41) is 11.3. The smallest absolute Gasteiger partial charge is 0.323 e. The molecular weight excluding hydrogens is 274 g/mol. The lowest BCUT2D eigenvalue weighted by molar-refractivity contribution is -0.144. The van der Waals surface area contributed by atoms with Crippen molar-refractivity contribution in [3.8, 4) is 0 Å². The van der Waals surface area contributed by atoms with Crippen molar-refractivity contribution in [3.05, 3.63) is 21.3 Å². The van der Waals surface area contributed by atoms with E-state index >= 15 is 0 Å². The van der Waals surface area contributed by atoms with Gasteiger partial charge in [0.2, 0.25) is 5.91 Å². The van der Waals surface area contributed by atoms with Crippen LogP contribution in [0.3, 0.4) is 0 Å². The quantitative estimate of drug-likeness (QED) is 0.874. The predicted molar refractivity (Wildman–Crippen MR) is 70.0 cm³/mol. The Bertz CT molecular complexity index is 456. The molecule has 1 aromatic heterocycles. The van der Waals surface area contributed by atoms with E-state index in [0.29, 0.717) is 17.9 Å². The average Bonchev–Trinajstić information content (AvgIpc) is 3.06. The highest BCUT2D eigenvalue weighted by Crippen LogP contribution is 2.28. The molecule has 0 bridgehead atoms. The maximum atomic E-state index is 12.0. The van der Waals surface area contributed by atoms with Crippen molar-refractivity contribution < 1.29 is 14.7 Å². The van der Waals surface area contributed by atoms with Gasteiger partial charge in [0.05, 0.1) is 5.02 Å². The molecular formula is C12H14ClNO3S. The SMILES string of the molecule is O=C(O)CN(C(=O)CCc1cc(Cl)cs1)C1CC1. The molecule has 1 N–H and O–H groups in total. The van der Waals surface area contributed by atoms with Gasteiger partial charge in [-0.25, -0.2) is 0 Å². The van der Waals surface area contributed by atoms with Crippen LogP contribution in [-0.2, 0) is 16.0 Å². The molecule has 1 heterocycles. The third-order valence-electron chi connectivity index (χ3n) is 2.82. The second-order valence-electron chi connectivity index (χ2n) is 4.38. The minimum absolute atomic E-state index is 0.0792. The third-order valence-corrected chi connectivity index (χ3v) is 4.16. The number of halogens is 1. The Hall–Kier alpha value is -1.07. The number of rotatable bonds is 6. The summed E-state index contributed by atoms with van der Waals surface area (Å²) < 4.78 is 0. The fourth-order valence-electron chi connectivity index (χ4n) is 1.81. The van der Waals surface area contributed by atoms with Gasteiger partial charge < -0.3 is 10.0 Å². The number of hydrogen-bond donors (Lipinski definition) is 1. The molecule has 0 aliphatic heterocycles. The summed E-state index contributed by atoms with van der Waals surface area (Å²) in [5.74, 6) is -1.03. The first-order valence-corrected chi connectivity index (χ1v) is 7.06. The monoisotopic (exact) mass is 287 g/mol. The molecule has 98 valence electrons. The van der Waals surface area contributed by atoms with Crippen molar-refractivity contribution in [2.75, 3.05) is 6.54 Å². The second kappa shape index (κ2) is 5.71.